The van der Waals surface area contributed by atoms with Gasteiger partial charge in [-0.2, -0.15) is 5.10 Å². The fourth-order valence-corrected chi connectivity index (χ4v) is 5.21. The lowest BCUT2D eigenvalue weighted by molar-refractivity contribution is -0.116. The van der Waals surface area contributed by atoms with E-state index in [0.29, 0.717) is 11.6 Å². The Bertz CT molecular complexity index is 1110. The van der Waals surface area contributed by atoms with Gasteiger partial charge in [-0.05, 0) is 72.8 Å². The number of thiazole rings is 1. The lowest BCUT2D eigenvalue weighted by Crippen LogP contribution is -2.17. The van der Waals surface area contributed by atoms with Crippen LogP contribution in [0.5, 0.6) is 0 Å². The van der Waals surface area contributed by atoms with Crippen LogP contribution in [0.1, 0.15) is 50.9 Å². The SMILES string of the molecule is CCNc1ccc(-c2nn(C(C)C)c3c2CCc2nc(NC(=O)CCCN(C)C)sc2-3)cn1. The molecular formula is C24H33N7OS. The van der Waals surface area contributed by atoms with Gasteiger partial charge in [-0.25, -0.2) is 9.97 Å². The molecule has 0 spiro atoms. The average molecular weight is 468 g/mol. The number of anilines is 2. The number of aryl methyl sites for hydroxylation is 1. The summed E-state index contributed by atoms with van der Waals surface area (Å²) in [5.74, 6) is 0.891. The zero-order valence-electron chi connectivity index (χ0n) is 20.1. The quantitative estimate of drug-likeness (QED) is 0.483. The van der Waals surface area contributed by atoms with Crippen LogP contribution in [0.4, 0.5) is 10.9 Å². The first-order valence-corrected chi connectivity index (χ1v) is 12.4. The maximum absolute atomic E-state index is 12.4. The van der Waals surface area contributed by atoms with Crippen molar-refractivity contribution in [3.63, 3.8) is 0 Å². The summed E-state index contributed by atoms with van der Waals surface area (Å²) in [6, 6.07) is 4.29. The molecule has 9 heteroatoms. The summed E-state index contributed by atoms with van der Waals surface area (Å²) in [7, 11) is 4.03. The Balaban J connectivity index is 1.63. The molecule has 0 aliphatic heterocycles. The number of pyridine rings is 1. The topological polar surface area (TPSA) is 88.0 Å². The summed E-state index contributed by atoms with van der Waals surface area (Å²) < 4.78 is 2.10. The Morgan fingerprint density at radius 1 is 1.27 bits per heavy atom. The van der Waals surface area contributed by atoms with Crippen LogP contribution in [0.3, 0.4) is 0 Å². The largest absolute Gasteiger partial charge is 0.370 e. The molecule has 3 aromatic rings. The van der Waals surface area contributed by atoms with Crippen LogP contribution in [0.15, 0.2) is 18.3 Å². The fraction of sp³-hybridized carbons (Fsp3) is 0.500. The van der Waals surface area contributed by atoms with Crippen LogP contribution in [-0.2, 0) is 17.6 Å². The number of nitrogens with zero attached hydrogens (tertiary/aromatic N) is 5. The summed E-state index contributed by atoms with van der Waals surface area (Å²) in [4.78, 5) is 24.9. The zero-order valence-corrected chi connectivity index (χ0v) is 20.9. The second-order valence-electron chi connectivity index (χ2n) is 8.93. The minimum absolute atomic E-state index is 0.0214. The van der Waals surface area contributed by atoms with Crippen LogP contribution in [0.2, 0.25) is 0 Å². The van der Waals surface area contributed by atoms with Crippen molar-refractivity contribution >= 4 is 28.2 Å². The van der Waals surface area contributed by atoms with E-state index in [1.165, 1.54) is 5.56 Å². The molecule has 3 heterocycles. The molecule has 1 aliphatic rings. The van der Waals surface area contributed by atoms with Crippen LogP contribution in [0.25, 0.3) is 21.8 Å². The number of hydrogen-bond donors (Lipinski definition) is 2. The first-order chi connectivity index (χ1) is 15.9. The van der Waals surface area contributed by atoms with Crippen molar-refractivity contribution in [1.82, 2.24) is 24.6 Å². The number of rotatable bonds is 9. The van der Waals surface area contributed by atoms with E-state index in [2.05, 4.69) is 52.0 Å². The van der Waals surface area contributed by atoms with Gasteiger partial charge in [-0.1, -0.05) is 11.3 Å². The van der Waals surface area contributed by atoms with Gasteiger partial charge in [0, 0.05) is 36.3 Å². The molecule has 2 N–H and O–H groups in total. The maximum atomic E-state index is 12.4. The number of amides is 1. The minimum atomic E-state index is 0.0214. The fourth-order valence-electron chi connectivity index (χ4n) is 4.11. The second-order valence-corrected chi connectivity index (χ2v) is 9.93. The molecule has 0 atom stereocenters. The van der Waals surface area contributed by atoms with E-state index in [9.17, 15) is 4.79 Å². The van der Waals surface area contributed by atoms with E-state index in [1.54, 1.807) is 11.3 Å². The Morgan fingerprint density at radius 3 is 2.76 bits per heavy atom. The molecule has 0 saturated heterocycles. The molecule has 0 saturated carbocycles. The van der Waals surface area contributed by atoms with Gasteiger partial charge in [0.2, 0.25) is 5.91 Å². The molecule has 1 aliphatic carbocycles. The highest BCUT2D eigenvalue weighted by molar-refractivity contribution is 7.19. The molecule has 0 radical (unpaired) electrons. The van der Waals surface area contributed by atoms with E-state index in [-0.39, 0.29) is 11.9 Å². The van der Waals surface area contributed by atoms with Gasteiger partial charge in [-0.3, -0.25) is 9.48 Å². The summed E-state index contributed by atoms with van der Waals surface area (Å²) in [5, 5.41) is 11.9. The van der Waals surface area contributed by atoms with Crippen molar-refractivity contribution in [2.24, 2.45) is 0 Å². The molecule has 176 valence electrons. The molecular weight excluding hydrogens is 434 g/mol. The summed E-state index contributed by atoms with van der Waals surface area (Å²) >= 11 is 1.56. The standard InChI is InChI=1S/C24H33N7OS/c1-6-25-19-12-9-16(14-26-19)21-17-10-11-18-23(22(17)31(29-21)15(2)3)33-24(27-18)28-20(32)8-7-13-30(4)5/h9,12,14-15H,6-8,10-11,13H2,1-5H3,(H,25,26)(H,27,28,32). The summed E-state index contributed by atoms with van der Waals surface area (Å²) in [6.45, 7) is 8.08. The molecule has 0 fully saturated rings. The second kappa shape index (κ2) is 10.0. The van der Waals surface area contributed by atoms with E-state index in [0.717, 1.165) is 65.7 Å². The van der Waals surface area contributed by atoms with Gasteiger partial charge in [0.25, 0.3) is 0 Å². The van der Waals surface area contributed by atoms with Crippen LogP contribution in [-0.4, -0.2) is 57.7 Å². The molecule has 33 heavy (non-hydrogen) atoms. The monoisotopic (exact) mass is 467 g/mol. The molecule has 0 aromatic carbocycles. The van der Waals surface area contributed by atoms with Gasteiger partial charge in [-0.15, -0.1) is 0 Å². The normalized spacial score (nSPS) is 12.7. The summed E-state index contributed by atoms with van der Waals surface area (Å²) in [5.41, 5.74) is 5.42. The predicted octanol–water partition coefficient (Wildman–Crippen LogP) is 4.46. The molecule has 0 unspecified atom stereocenters. The Hall–Kier alpha value is -2.78. The van der Waals surface area contributed by atoms with Crippen molar-refractivity contribution in [1.29, 1.82) is 0 Å². The predicted molar refractivity (Wildman–Crippen MR) is 135 cm³/mol. The van der Waals surface area contributed by atoms with E-state index in [4.69, 9.17) is 10.1 Å². The van der Waals surface area contributed by atoms with Gasteiger partial charge in [0.1, 0.15) is 5.82 Å². The highest BCUT2D eigenvalue weighted by Crippen LogP contribution is 2.44. The Morgan fingerprint density at radius 2 is 2.09 bits per heavy atom. The third kappa shape index (κ3) is 5.09. The number of hydrogen-bond acceptors (Lipinski definition) is 7. The molecule has 0 bridgehead atoms. The van der Waals surface area contributed by atoms with Crippen molar-refractivity contribution in [3.05, 3.63) is 29.6 Å². The average Bonchev–Trinajstić information content (AvgIpc) is 3.35. The van der Waals surface area contributed by atoms with Gasteiger partial charge >= 0.3 is 0 Å². The number of carbonyl (C=O) groups excluding carboxylic acids is 1. The van der Waals surface area contributed by atoms with Gasteiger partial charge in [0.05, 0.1) is 22.0 Å². The zero-order chi connectivity index (χ0) is 23.5. The maximum Gasteiger partial charge on any atom is 0.226 e. The lowest BCUT2D eigenvalue weighted by atomic mass is 9.95. The van der Waals surface area contributed by atoms with E-state index >= 15 is 0 Å². The van der Waals surface area contributed by atoms with Crippen molar-refractivity contribution < 1.29 is 4.79 Å². The first kappa shape index (κ1) is 23.4. The Kier molecular flexibility index (Phi) is 7.09. The highest BCUT2D eigenvalue weighted by atomic mass is 32.1. The number of aromatic nitrogens is 4. The van der Waals surface area contributed by atoms with Crippen LogP contribution >= 0.6 is 11.3 Å². The highest BCUT2D eigenvalue weighted by Gasteiger charge is 2.30. The first-order valence-electron chi connectivity index (χ1n) is 11.6. The number of carbonyl (C=O) groups is 1. The van der Waals surface area contributed by atoms with Crippen molar-refractivity contribution in [2.75, 3.05) is 37.8 Å². The third-order valence-electron chi connectivity index (χ3n) is 5.67. The van der Waals surface area contributed by atoms with Crippen molar-refractivity contribution in [2.45, 2.75) is 52.5 Å². The lowest BCUT2D eigenvalue weighted by Gasteiger charge is -2.15. The Labute approximate surface area is 199 Å². The number of fused-ring (bicyclic) bond motifs is 3. The number of nitrogens with one attached hydrogen (secondary N) is 2. The summed E-state index contributed by atoms with van der Waals surface area (Å²) in [6.07, 6.45) is 4.94. The third-order valence-corrected chi connectivity index (χ3v) is 6.69. The molecule has 8 nitrogen and oxygen atoms in total. The van der Waals surface area contributed by atoms with Gasteiger partial charge in [0.15, 0.2) is 5.13 Å². The molecule has 3 aromatic heterocycles. The van der Waals surface area contributed by atoms with E-state index in [1.807, 2.05) is 26.4 Å². The molecule has 1 amide bonds. The van der Waals surface area contributed by atoms with Gasteiger partial charge < -0.3 is 15.5 Å². The van der Waals surface area contributed by atoms with Crippen LogP contribution in [0, 0.1) is 0 Å². The van der Waals surface area contributed by atoms with Crippen molar-refractivity contribution in [3.8, 4) is 21.8 Å². The smallest absolute Gasteiger partial charge is 0.226 e. The van der Waals surface area contributed by atoms with Crippen LogP contribution < -0.4 is 10.6 Å². The molecule has 4 rings (SSSR count). The minimum Gasteiger partial charge on any atom is -0.370 e. The van der Waals surface area contributed by atoms with E-state index < -0.39 is 0 Å².